The van der Waals surface area contributed by atoms with E-state index in [4.69, 9.17) is 4.55 Å². The van der Waals surface area contributed by atoms with Crippen molar-refractivity contribution in [3.63, 3.8) is 0 Å². The number of hydrogen-bond donors (Lipinski definition) is 1. The molecule has 1 rings (SSSR count). The van der Waals surface area contributed by atoms with E-state index in [0.717, 1.165) is 0 Å². The minimum absolute atomic E-state index is 0.144. The van der Waals surface area contributed by atoms with Crippen molar-refractivity contribution < 1.29 is 22.6 Å². The molecule has 1 heterocycles. The molecule has 0 aromatic rings. The van der Waals surface area contributed by atoms with Gasteiger partial charge < -0.3 is 0 Å². The van der Waals surface area contributed by atoms with E-state index in [0.29, 0.717) is 4.31 Å². The van der Waals surface area contributed by atoms with Crippen molar-refractivity contribution in [2.45, 2.75) is 13.3 Å². The summed E-state index contributed by atoms with van der Waals surface area (Å²) in [6.07, 6.45) is -0.144. The molecule has 1 aliphatic rings. The van der Waals surface area contributed by atoms with E-state index in [-0.39, 0.29) is 18.7 Å². The van der Waals surface area contributed by atoms with Crippen molar-refractivity contribution in [1.82, 2.24) is 4.31 Å². The topological polar surface area (TPSA) is 91.8 Å². The molecule has 1 N–H and O–H groups in total. The SMILES string of the molecule is CC(=O)[C@H]1CC(=O)N(S(=O)(=O)O)C1. The van der Waals surface area contributed by atoms with Crippen LogP contribution in [0.5, 0.6) is 0 Å². The summed E-state index contributed by atoms with van der Waals surface area (Å²) in [5, 5.41) is 0. The second-order valence-electron chi connectivity index (χ2n) is 2.91. The molecule has 1 aliphatic heterocycles. The number of hydrogen-bond acceptors (Lipinski definition) is 4. The van der Waals surface area contributed by atoms with Crippen LogP contribution in [0.4, 0.5) is 0 Å². The van der Waals surface area contributed by atoms with Crippen LogP contribution in [0.25, 0.3) is 0 Å². The van der Waals surface area contributed by atoms with Gasteiger partial charge in [0.15, 0.2) is 0 Å². The summed E-state index contributed by atoms with van der Waals surface area (Å²) in [6, 6.07) is 0. The van der Waals surface area contributed by atoms with Crippen LogP contribution in [0, 0.1) is 5.92 Å². The van der Waals surface area contributed by atoms with Crippen molar-refractivity contribution in [2.24, 2.45) is 5.92 Å². The quantitative estimate of drug-likeness (QED) is 0.600. The van der Waals surface area contributed by atoms with Gasteiger partial charge in [0.1, 0.15) is 5.78 Å². The maximum absolute atomic E-state index is 11.0. The molecule has 74 valence electrons. The fourth-order valence-electron chi connectivity index (χ4n) is 1.17. The van der Waals surface area contributed by atoms with Crippen LogP contribution in [-0.4, -0.2) is 35.5 Å². The summed E-state index contributed by atoms with van der Waals surface area (Å²) in [5.41, 5.74) is 0. The van der Waals surface area contributed by atoms with Crippen LogP contribution in [0.2, 0.25) is 0 Å². The lowest BCUT2D eigenvalue weighted by Gasteiger charge is -2.10. The number of nitrogens with zero attached hydrogens (tertiary/aromatic N) is 1. The van der Waals surface area contributed by atoms with E-state index in [2.05, 4.69) is 0 Å². The first-order chi connectivity index (χ1) is 5.82. The standard InChI is InChI=1S/C6H9NO5S/c1-4(8)5-2-6(9)7(3-5)13(10,11)12/h5H,2-3H2,1H3,(H,10,11,12)/t5-/m0/s1. The minimum atomic E-state index is -4.49. The molecule has 0 aromatic carbocycles. The molecule has 0 bridgehead atoms. The van der Waals surface area contributed by atoms with Gasteiger partial charge in [-0.25, -0.2) is 4.31 Å². The van der Waals surface area contributed by atoms with E-state index in [1.807, 2.05) is 0 Å². The van der Waals surface area contributed by atoms with Crippen molar-refractivity contribution in [2.75, 3.05) is 6.54 Å². The van der Waals surface area contributed by atoms with Gasteiger partial charge >= 0.3 is 10.3 Å². The molecule has 0 aromatic heterocycles. The molecule has 1 fully saturated rings. The van der Waals surface area contributed by atoms with Crippen LogP contribution in [-0.2, 0) is 19.9 Å². The Morgan fingerprint density at radius 3 is 2.38 bits per heavy atom. The molecule has 0 saturated carbocycles. The van der Waals surface area contributed by atoms with Crippen LogP contribution < -0.4 is 0 Å². The van der Waals surface area contributed by atoms with Gasteiger partial charge in [-0.2, -0.15) is 8.42 Å². The summed E-state index contributed by atoms with van der Waals surface area (Å²) in [7, 11) is -4.49. The van der Waals surface area contributed by atoms with Crippen molar-refractivity contribution in [3.05, 3.63) is 0 Å². The van der Waals surface area contributed by atoms with E-state index in [1.165, 1.54) is 6.92 Å². The fraction of sp³-hybridized carbons (Fsp3) is 0.667. The van der Waals surface area contributed by atoms with Gasteiger partial charge in [-0.05, 0) is 6.92 Å². The Morgan fingerprint density at radius 1 is 1.62 bits per heavy atom. The zero-order chi connectivity index (χ0) is 10.2. The maximum Gasteiger partial charge on any atom is 0.362 e. The van der Waals surface area contributed by atoms with Crippen molar-refractivity contribution in [3.8, 4) is 0 Å². The van der Waals surface area contributed by atoms with Gasteiger partial charge in [0.05, 0.1) is 0 Å². The van der Waals surface area contributed by atoms with Gasteiger partial charge in [0.2, 0.25) is 5.91 Å². The Labute approximate surface area is 75.4 Å². The largest absolute Gasteiger partial charge is 0.362 e. The van der Waals surface area contributed by atoms with E-state index in [9.17, 15) is 18.0 Å². The number of amides is 1. The van der Waals surface area contributed by atoms with Crippen LogP contribution in [0.1, 0.15) is 13.3 Å². The smallest absolute Gasteiger partial charge is 0.300 e. The highest BCUT2D eigenvalue weighted by Crippen LogP contribution is 2.20. The molecule has 13 heavy (non-hydrogen) atoms. The van der Waals surface area contributed by atoms with E-state index in [1.54, 1.807) is 0 Å². The Kier molecular flexibility index (Phi) is 2.40. The van der Waals surface area contributed by atoms with Gasteiger partial charge in [-0.3, -0.25) is 14.1 Å². The first-order valence-electron chi connectivity index (χ1n) is 3.61. The highest BCUT2D eigenvalue weighted by atomic mass is 32.2. The highest BCUT2D eigenvalue weighted by Gasteiger charge is 2.38. The average molecular weight is 207 g/mol. The normalized spacial score (nSPS) is 23.7. The van der Waals surface area contributed by atoms with Crippen molar-refractivity contribution >= 4 is 22.0 Å². The molecule has 6 nitrogen and oxygen atoms in total. The first-order valence-corrected chi connectivity index (χ1v) is 5.00. The zero-order valence-electron chi connectivity index (χ0n) is 6.93. The number of rotatable bonds is 2. The Hall–Kier alpha value is -0.950. The molecule has 0 radical (unpaired) electrons. The molecule has 0 unspecified atom stereocenters. The van der Waals surface area contributed by atoms with E-state index < -0.39 is 22.1 Å². The molecule has 1 amide bonds. The monoisotopic (exact) mass is 207 g/mol. The van der Waals surface area contributed by atoms with Crippen LogP contribution in [0.15, 0.2) is 0 Å². The first kappa shape index (κ1) is 10.1. The molecule has 7 heteroatoms. The molecule has 0 aliphatic carbocycles. The van der Waals surface area contributed by atoms with Crippen LogP contribution >= 0.6 is 0 Å². The molecular formula is C6H9NO5S. The number of ketones is 1. The molecule has 0 spiro atoms. The van der Waals surface area contributed by atoms with E-state index >= 15 is 0 Å². The summed E-state index contributed by atoms with van der Waals surface area (Å²) in [5.74, 6) is -1.60. The second kappa shape index (κ2) is 3.08. The number of Topliss-reactive ketones (excluding diaryl/α,β-unsaturated/α-hetero) is 1. The van der Waals surface area contributed by atoms with Crippen LogP contribution in [0.3, 0.4) is 0 Å². The predicted molar refractivity (Wildman–Crippen MR) is 42.0 cm³/mol. The molecule has 1 saturated heterocycles. The second-order valence-corrected chi connectivity index (χ2v) is 4.25. The zero-order valence-corrected chi connectivity index (χ0v) is 7.74. The Bertz CT molecular complexity index is 346. The number of carbonyl (C=O) groups excluding carboxylic acids is 2. The lowest BCUT2D eigenvalue weighted by atomic mass is 10.1. The third kappa shape index (κ3) is 2.04. The predicted octanol–water partition coefficient (Wildman–Crippen LogP) is -0.773. The van der Waals surface area contributed by atoms with Gasteiger partial charge in [-0.15, -0.1) is 0 Å². The lowest BCUT2D eigenvalue weighted by molar-refractivity contribution is -0.125. The van der Waals surface area contributed by atoms with Gasteiger partial charge in [-0.1, -0.05) is 0 Å². The summed E-state index contributed by atoms with van der Waals surface area (Å²) < 4.78 is 30.0. The summed E-state index contributed by atoms with van der Waals surface area (Å²) in [4.78, 5) is 21.8. The van der Waals surface area contributed by atoms with Gasteiger partial charge in [0.25, 0.3) is 0 Å². The Morgan fingerprint density at radius 2 is 2.15 bits per heavy atom. The number of carbonyl (C=O) groups is 2. The average Bonchev–Trinajstić information content (AvgIpc) is 2.29. The molecular weight excluding hydrogens is 198 g/mol. The summed E-state index contributed by atoms with van der Waals surface area (Å²) in [6.45, 7) is 1.04. The third-order valence-corrected chi connectivity index (χ3v) is 2.85. The minimum Gasteiger partial charge on any atom is -0.300 e. The maximum atomic E-state index is 11.0. The Balaban J connectivity index is 2.85. The summed E-state index contributed by atoms with van der Waals surface area (Å²) >= 11 is 0. The van der Waals surface area contributed by atoms with Gasteiger partial charge in [0, 0.05) is 18.9 Å². The molecule has 1 atom stereocenters. The lowest BCUT2D eigenvalue weighted by Crippen LogP contribution is -2.32. The van der Waals surface area contributed by atoms with Crippen molar-refractivity contribution in [1.29, 1.82) is 0 Å². The highest BCUT2D eigenvalue weighted by molar-refractivity contribution is 7.84. The fourth-order valence-corrected chi connectivity index (χ4v) is 1.87. The third-order valence-electron chi connectivity index (χ3n) is 1.94.